The highest BCUT2D eigenvalue weighted by Gasteiger charge is 2.30. The Hall–Kier alpha value is -0.130. The molecule has 5 heteroatoms. The van der Waals surface area contributed by atoms with Gasteiger partial charge in [-0.1, -0.05) is 6.92 Å². The summed E-state index contributed by atoms with van der Waals surface area (Å²) in [4.78, 5) is 0. The Morgan fingerprint density at radius 2 is 2.19 bits per heavy atom. The van der Waals surface area contributed by atoms with E-state index in [2.05, 4.69) is 6.92 Å². The molecule has 2 aliphatic rings. The fourth-order valence-electron chi connectivity index (χ4n) is 2.52. The molecule has 0 radical (unpaired) electrons. The zero-order valence-electron chi connectivity index (χ0n) is 9.89. The van der Waals surface area contributed by atoms with Crippen LogP contribution in [-0.2, 0) is 14.8 Å². The molecule has 2 fully saturated rings. The maximum absolute atomic E-state index is 12.2. The average molecular weight is 247 g/mol. The molecule has 2 rings (SSSR count). The number of hydrogen-bond donors (Lipinski definition) is 0. The molecule has 0 aliphatic carbocycles. The van der Waals surface area contributed by atoms with E-state index in [-0.39, 0.29) is 11.7 Å². The van der Waals surface area contributed by atoms with Gasteiger partial charge >= 0.3 is 0 Å². The van der Waals surface area contributed by atoms with Crippen LogP contribution in [0, 0.1) is 11.8 Å². The van der Waals surface area contributed by atoms with Crippen molar-refractivity contribution in [2.45, 2.75) is 26.2 Å². The van der Waals surface area contributed by atoms with Gasteiger partial charge in [-0.3, -0.25) is 0 Å². The first-order valence-electron chi connectivity index (χ1n) is 6.13. The normalized spacial score (nSPS) is 33.1. The van der Waals surface area contributed by atoms with Crippen LogP contribution in [-0.4, -0.2) is 44.8 Å². The molecule has 4 nitrogen and oxygen atoms in total. The van der Waals surface area contributed by atoms with Crippen molar-refractivity contribution in [2.24, 2.45) is 11.8 Å². The standard InChI is InChI=1S/C11H21NO3S/c1-10-3-2-5-12(7-10)16(13,14)9-11-4-6-15-8-11/h10-11H,2-9H2,1H3/t10-,11-/m0/s1. The third-order valence-corrected chi connectivity index (χ3v) is 5.49. The molecule has 0 aromatic carbocycles. The highest BCUT2D eigenvalue weighted by Crippen LogP contribution is 2.22. The summed E-state index contributed by atoms with van der Waals surface area (Å²) in [5, 5.41) is 0. The fraction of sp³-hybridized carbons (Fsp3) is 1.00. The van der Waals surface area contributed by atoms with Gasteiger partial charge in [-0.15, -0.1) is 0 Å². The van der Waals surface area contributed by atoms with Crippen molar-refractivity contribution in [1.82, 2.24) is 4.31 Å². The van der Waals surface area contributed by atoms with Crippen LogP contribution < -0.4 is 0 Å². The first-order chi connectivity index (χ1) is 7.58. The second-order valence-corrected chi connectivity index (χ2v) is 7.13. The number of sulfonamides is 1. The second kappa shape index (κ2) is 5.02. The molecule has 0 saturated carbocycles. The van der Waals surface area contributed by atoms with Crippen LogP contribution in [0.3, 0.4) is 0 Å². The molecule has 2 aliphatic heterocycles. The second-order valence-electron chi connectivity index (χ2n) is 5.11. The molecule has 0 aromatic heterocycles. The summed E-state index contributed by atoms with van der Waals surface area (Å²) in [5.41, 5.74) is 0. The van der Waals surface area contributed by atoms with Gasteiger partial charge in [-0.2, -0.15) is 0 Å². The van der Waals surface area contributed by atoms with Gasteiger partial charge in [0.1, 0.15) is 0 Å². The van der Waals surface area contributed by atoms with Crippen molar-refractivity contribution in [3.63, 3.8) is 0 Å². The van der Waals surface area contributed by atoms with Crippen molar-refractivity contribution < 1.29 is 13.2 Å². The molecule has 2 saturated heterocycles. The van der Waals surface area contributed by atoms with Crippen LogP contribution in [0.2, 0.25) is 0 Å². The third kappa shape index (κ3) is 2.96. The van der Waals surface area contributed by atoms with Crippen LogP contribution in [0.4, 0.5) is 0 Å². The molecular formula is C11H21NO3S. The summed E-state index contributed by atoms with van der Waals surface area (Å²) in [6, 6.07) is 0. The SMILES string of the molecule is C[C@H]1CCCN(S(=O)(=O)C[C@H]2CCOC2)C1. The fourth-order valence-corrected chi connectivity index (χ4v) is 4.48. The summed E-state index contributed by atoms with van der Waals surface area (Å²) in [6.07, 6.45) is 3.04. The van der Waals surface area contributed by atoms with Crippen LogP contribution in [0.5, 0.6) is 0 Å². The molecule has 2 atom stereocenters. The van der Waals surface area contributed by atoms with E-state index < -0.39 is 10.0 Å². The van der Waals surface area contributed by atoms with Crippen LogP contribution in [0.15, 0.2) is 0 Å². The highest BCUT2D eigenvalue weighted by molar-refractivity contribution is 7.89. The van der Waals surface area contributed by atoms with Gasteiger partial charge in [0.15, 0.2) is 0 Å². The van der Waals surface area contributed by atoms with Gasteiger partial charge in [0.2, 0.25) is 10.0 Å². The number of hydrogen-bond acceptors (Lipinski definition) is 3. The quantitative estimate of drug-likeness (QED) is 0.750. The molecule has 0 aromatic rings. The van der Waals surface area contributed by atoms with Crippen LogP contribution in [0.25, 0.3) is 0 Å². The lowest BCUT2D eigenvalue weighted by Gasteiger charge is -2.30. The Bertz CT molecular complexity index is 322. The van der Waals surface area contributed by atoms with E-state index in [1.54, 1.807) is 4.31 Å². The van der Waals surface area contributed by atoms with E-state index in [1.165, 1.54) is 0 Å². The maximum Gasteiger partial charge on any atom is 0.214 e. The molecule has 94 valence electrons. The number of rotatable bonds is 3. The van der Waals surface area contributed by atoms with E-state index in [4.69, 9.17) is 4.74 Å². The van der Waals surface area contributed by atoms with Gasteiger partial charge in [-0.05, 0) is 31.1 Å². The Morgan fingerprint density at radius 1 is 1.38 bits per heavy atom. The minimum absolute atomic E-state index is 0.210. The summed E-state index contributed by atoms with van der Waals surface area (Å²) >= 11 is 0. The minimum atomic E-state index is -3.05. The van der Waals surface area contributed by atoms with Gasteiger partial charge in [-0.25, -0.2) is 12.7 Å². The maximum atomic E-state index is 12.2. The summed E-state index contributed by atoms with van der Waals surface area (Å²) in [7, 11) is -3.05. The molecule has 2 heterocycles. The van der Waals surface area contributed by atoms with Gasteiger partial charge in [0, 0.05) is 19.7 Å². The first-order valence-corrected chi connectivity index (χ1v) is 7.74. The molecular weight excluding hydrogens is 226 g/mol. The highest BCUT2D eigenvalue weighted by atomic mass is 32.2. The molecule has 0 N–H and O–H groups in total. The Kier molecular flexibility index (Phi) is 3.87. The summed E-state index contributed by atoms with van der Waals surface area (Å²) in [5.74, 6) is 0.991. The lowest BCUT2D eigenvalue weighted by atomic mass is 10.0. The number of ether oxygens (including phenoxy) is 1. The summed E-state index contributed by atoms with van der Waals surface area (Å²) < 4.78 is 31.2. The third-order valence-electron chi connectivity index (χ3n) is 3.48. The smallest absolute Gasteiger partial charge is 0.214 e. The molecule has 0 bridgehead atoms. The van der Waals surface area contributed by atoms with Gasteiger partial charge < -0.3 is 4.74 Å². The zero-order valence-corrected chi connectivity index (χ0v) is 10.7. The van der Waals surface area contributed by atoms with E-state index in [0.717, 1.165) is 25.9 Å². The Morgan fingerprint density at radius 3 is 2.81 bits per heavy atom. The van der Waals surface area contributed by atoms with Crippen molar-refractivity contribution in [3.05, 3.63) is 0 Å². The zero-order chi connectivity index (χ0) is 11.6. The predicted molar refractivity (Wildman–Crippen MR) is 62.7 cm³/mol. The van der Waals surface area contributed by atoms with E-state index in [1.807, 2.05) is 0 Å². The number of piperidine rings is 1. The molecule has 0 unspecified atom stereocenters. The van der Waals surface area contributed by atoms with Crippen molar-refractivity contribution in [2.75, 3.05) is 32.1 Å². The Balaban J connectivity index is 1.94. The van der Waals surface area contributed by atoms with E-state index >= 15 is 0 Å². The van der Waals surface area contributed by atoms with Crippen molar-refractivity contribution >= 4 is 10.0 Å². The lowest BCUT2D eigenvalue weighted by molar-refractivity contribution is 0.188. The van der Waals surface area contributed by atoms with E-state index in [9.17, 15) is 8.42 Å². The largest absolute Gasteiger partial charge is 0.381 e. The van der Waals surface area contributed by atoms with Gasteiger partial charge in [0.25, 0.3) is 0 Å². The van der Waals surface area contributed by atoms with Crippen molar-refractivity contribution in [1.29, 1.82) is 0 Å². The summed E-state index contributed by atoms with van der Waals surface area (Å²) in [6.45, 7) is 4.87. The van der Waals surface area contributed by atoms with Crippen LogP contribution >= 0.6 is 0 Å². The molecule has 0 amide bonds. The topological polar surface area (TPSA) is 46.6 Å². The predicted octanol–water partition coefficient (Wildman–Crippen LogP) is 1.08. The first kappa shape index (κ1) is 12.3. The molecule has 0 spiro atoms. The monoisotopic (exact) mass is 247 g/mol. The molecule has 16 heavy (non-hydrogen) atoms. The lowest BCUT2D eigenvalue weighted by Crippen LogP contribution is -2.41. The van der Waals surface area contributed by atoms with Crippen LogP contribution in [0.1, 0.15) is 26.2 Å². The number of nitrogens with zero attached hydrogens (tertiary/aromatic N) is 1. The Labute approximate surface area is 98.0 Å². The minimum Gasteiger partial charge on any atom is -0.381 e. The van der Waals surface area contributed by atoms with Crippen molar-refractivity contribution in [3.8, 4) is 0 Å². The average Bonchev–Trinajstić information content (AvgIpc) is 2.70. The van der Waals surface area contributed by atoms with E-state index in [0.29, 0.717) is 25.6 Å². The van der Waals surface area contributed by atoms with Gasteiger partial charge in [0.05, 0.1) is 12.4 Å².